The zero-order chi connectivity index (χ0) is 17.0. The minimum absolute atomic E-state index is 0.143. The van der Waals surface area contributed by atoms with Crippen LogP contribution >= 0.6 is 0 Å². The van der Waals surface area contributed by atoms with E-state index in [-0.39, 0.29) is 23.1 Å². The molecule has 1 N–H and O–H groups in total. The van der Waals surface area contributed by atoms with Crippen molar-refractivity contribution in [1.29, 1.82) is 0 Å². The van der Waals surface area contributed by atoms with E-state index in [0.29, 0.717) is 11.8 Å². The van der Waals surface area contributed by atoms with Gasteiger partial charge in [-0.2, -0.15) is 0 Å². The molecule has 0 fully saturated rings. The van der Waals surface area contributed by atoms with Gasteiger partial charge in [0.1, 0.15) is 17.4 Å². The summed E-state index contributed by atoms with van der Waals surface area (Å²) in [4.78, 5) is 23.5. The molecule has 0 aliphatic rings. The monoisotopic (exact) mass is 319 g/mol. The zero-order valence-electron chi connectivity index (χ0n) is 12.6. The maximum atomic E-state index is 13.0. The Morgan fingerprint density at radius 1 is 1.00 bits per heavy atom. The maximum absolute atomic E-state index is 13.0. The maximum Gasteiger partial charge on any atom is 0.343 e. The lowest BCUT2D eigenvalue weighted by molar-refractivity contribution is -0.118. The van der Waals surface area contributed by atoms with Crippen LogP contribution in [0.3, 0.4) is 0 Å². The van der Waals surface area contributed by atoms with E-state index in [9.17, 15) is 18.4 Å². The SMILES string of the molecule is CC(C)C(=O)Nc1ccc(C(=O)Oc2cc(F)cc(F)c2)cc1. The zero-order valence-corrected chi connectivity index (χ0v) is 12.6. The van der Waals surface area contributed by atoms with Crippen molar-refractivity contribution >= 4 is 17.6 Å². The highest BCUT2D eigenvalue weighted by atomic mass is 19.1. The van der Waals surface area contributed by atoms with Crippen molar-refractivity contribution in [2.24, 2.45) is 5.92 Å². The summed E-state index contributed by atoms with van der Waals surface area (Å²) in [6.07, 6.45) is 0. The molecule has 0 unspecified atom stereocenters. The Morgan fingerprint density at radius 2 is 1.57 bits per heavy atom. The molecule has 0 aromatic heterocycles. The van der Waals surface area contributed by atoms with E-state index < -0.39 is 17.6 Å². The molecule has 1 amide bonds. The summed E-state index contributed by atoms with van der Waals surface area (Å²) >= 11 is 0. The van der Waals surface area contributed by atoms with Crippen LogP contribution in [0.25, 0.3) is 0 Å². The first kappa shape index (κ1) is 16.6. The lowest BCUT2D eigenvalue weighted by Gasteiger charge is -2.08. The molecule has 0 aliphatic carbocycles. The number of halogens is 2. The van der Waals surface area contributed by atoms with Gasteiger partial charge in [0.25, 0.3) is 0 Å². The normalized spacial score (nSPS) is 10.5. The van der Waals surface area contributed by atoms with Gasteiger partial charge >= 0.3 is 5.97 Å². The highest BCUT2D eigenvalue weighted by Gasteiger charge is 2.12. The molecule has 2 rings (SSSR count). The van der Waals surface area contributed by atoms with Gasteiger partial charge in [0, 0.05) is 29.8 Å². The third kappa shape index (κ3) is 4.60. The van der Waals surface area contributed by atoms with Gasteiger partial charge in [0.05, 0.1) is 5.56 Å². The Kier molecular flexibility index (Phi) is 5.05. The number of nitrogens with one attached hydrogen (secondary N) is 1. The summed E-state index contributed by atoms with van der Waals surface area (Å²) in [5, 5.41) is 2.68. The first-order valence-corrected chi connectivity index (χ1v) is 6.94. The van der Waals surface area contributed by atoms with E-state index in [1.165, 1.54) is 12.1 Å². The number of amides is 1. The molecule has 0 saturated heterocycles. The van der Waals surface area contributed by atoms with Gasteiger partial charge in [-0.05, 0) is 24.3 Å². The standard InChI is InChI=1S/C17H15F2NO3/c1-10(2)16(21)20-14-5-3-11(4-6-14)17(22)23-15-8-12(18)7-13(19)9-15/h3-10H,1-2H3,(H,20,21). The number of esters is 1. The highest BCUT2D eigenvalue weighted by molar-refractivity contribution is 5.94. The van der Waals surface area contributed by atoms with Crippen LogP contribution in [0.1, 0.15) is 24.2 Å². The Labute approximate surface area is 132 Å². The lowest BCUT2D eigenvalue weighted by atomic mass is 10.1. The molecule has 0 heterocycles. The second kappa shape index (κ2) is 7.00. The second-order valence-corrected chi connectivity index (χ2v) is 5.22. The summed E-state index contributed by atoms with van der Waals surface area (Å²) in [6.45, 7) is 3.53. The van der Waals surface area contributed by atoms with E-state index in [1.807, 2.05) is 0 Å². The summed E-state index contributed by atoms with van der Waals surface area (Å²) in [7, 11) is 0. The van der Waals surface area contributed by atoms with Crippen LogP contribution < -0.4 is 10.1 Å². The molecular weight excluding hydrogens is 304 g/mol. The Balaban J connectivity index is 2.06. The summed E-state index contributed by atoms with van der Waals surface area (Å²) < 4.78 is 31.0. The van der Waals surface area contributed by atoms with Crippen molar-refractivity contribution < 1.29 is 23.1 Å². The first-order valence-electron chi connectivity index (χ1n) is 6.94. The second-order valence-electron chi connectivity index (χ2n) is 5.22. The van der Waals surface area contributed by atoms with Gasteiger partial charge < -0.3 is 10.1 Å². The van der Waals surface area contributed by atoms with Crippen LogP contribution in [0.2, 0.25) is 0 Å². The molecule has 0 atom stereocenters. The smallest absolute Gasteiger partial charge is 0.343 e. The molecule has 0 radical (unpaired) electrons. The number of benzene rings is 2. The number of ether oxygens (including phenoxy) is 1. The molecule has 0 aliphatic heterocycles. The third-order valence-corrected chi connectivity index (χ3v) is 2.96. The molecule has 0 spiro atoms. The topological polar surface area (TPSA) is 55.4 Å². The van der Waals surface area contributed by atoms with E-state index >= 15 is 0 Å². The number of hydrogen-bond acceptors (Lipinski definition) is 3. The number of carbonyl (C=O) groups excluding carboxylic acids is 2. The van der Waals surface area contributed by atoms with Gasteiger partial charge in [0.15, 0.2) is 0 Å². The number of anilines is 1. The molecule has 0 bridgehead atoms. The van der Waals surface area contributed by atoms with E-state index in [2.05, 4.69) is 5.32 Å². The van der Waals surface area contributed by atoms with Crippen molar-refractivity contribution in [2.45, 2.75) is 13.8 Å². The Morgan fingerprint density at radius 3 is 2.09 bits per heavy atom. The van der Waals surface area contributed by atoms with Gasteiger partial charge in [0.2, 0.25) is 5.91 Å². The number of carbonyl (C=O) groups is 2. The van der Waals surface area contributed by atoms with Crippen molar-refractivity contribution in [3.8, 4) is 5.75 Å². The van der Waals surface area contributed by atoms with Crippen molar-refractivity contribution in [3.05, 3.63) is 59.7 Å². The predicted molar refractivity (Wildman–Crippen MR) is 81.2 cm³/mol. The average Bonchev–Trinajstić information content (AvgIpc) is 2.46. The molecular formula is C17H15F2NO3. The minimum Gasteiger partial charge on any atom is -0.423 e. The Hall–Kier alpha value is -2.76. The molecule has 6 heteroatoms. The summed E-state index contributed by atoms with van der Waals surface area (Å²) in [5.74, 6) is -2.95. The van der Waals surface area contributed by atoms with Crippen LogP contribution in [-0.4, -0.2) is 11.9 Å². The first-order chi connectivity index (χ1) is 10.8. The Bertz CT molecular complexity index is 707. The minimum atomic E-state index is -0.834. The molecule has 0 saturated carbocycles. The number of hydrogen-bond donors (Lipinski definition) is 1. The molecule has 120 valence electrons. The lowest BCUT2D eigenvalue weighted by Crippen LogP contribution is -2.17. The van der Waals surface area contributed by atoms with E-state index in [1.54, 1.807) is 26.0 Å². The van der Waals surface area contributed by atoms with Crippen molar-refractivity contribution in [3.63, 3.8) is 0 Å². The van der Waals surface area contributed by atoms with Crippen LogP contribution in [0.4, 0.5) is 14.5 Å². The van der Waals surface area contributed by atoms with Gasteiger partial charge in [-0.1, -0.05) is 13.8 Å². The predicted octanol–water partition coefficient (Wildman–Crippen LogP) is 3.78. The van der Waals surface area contributed by atoms with Crippen LogP contribution in [0, 0.1) is 17.6 Å². The fourth-order valence-electron chi connectivity index (χ4n) is 1.73. The largest absolute Gasteiger partial charge is 0.423 e. The number of rotatable bonds is 4. The van der Waals surface area contributed by atoms with Crippen molar-refractivity contribution in [1.82, 2.24) is 0 Å². The quantitative estimate of drug-likeness (QED) is 0.689. The summed E-state index contributed by atoms with van der Waals surface area (Å²) in [5.41, 5.74) is 0.731. The molecule has 2 aromatic carbocycles. The van der Waals surface area contributed by atoms with Crippen LogP contribution in [0.5, 0.6) is 5.75 Å². The van der Waals surface area contributed by atoms with Gasteiger partial charge in [-0.25, -0.2) is 13.6 Å². The van der Waals surface area contributed by atoms with E-state index in [4.69, 9.17) is 4.74 Å². The van der Waals surface area contributed by atoms with Crippen LogP contribution in [0.15, 0.2) is 42.5 Å². The molecule has 23 heavy (non-hydrogen) atoms. The average molecular weight is 319 g/mol. The fourth-order valence-corrected chi connectivity index (χ4v) is 1.73. The summed E-state index contributed by atoms with van der Waals surface area (Å²) in [6, 6.07) is 8.51. The van der Waals surface area contributed by atoms with Crippen molar-refractivity contribution in [2.75, 3.05) is 5.32 Å². The van der Waals surface area contributed by atoms with E-state index in [0.717, 1.165) is 12.1 Å². The van der Waals surface area contributed by atoms with Gasteiger partial charge in [-0.3, -0.25) is 4.79 Å². The molecule has 4 nitrogen and oxygen atoms in total. The highest BCUT2D eigenvalue weighted by Crippen LogP contribution is 2.18. The molecule has 2 aromatic rings. The van der Waals surface area contributed by atoms with Gasteiger partial charge in [-0.15, -0.1) is 0 Å². The fraction of sp³-hybridized carbons (Fsp3) is 0.176. The van der Waals surface area contributed by atoms with Crippen LogP contribution in [-0.2, 0) is 4.79 Å². The third-order valence-electron chi connectivity index (χ3n) is 2.96.